The molecule has 168 valence electrons. The van der Waals surface area contributed by atoms with Crippen molar-refractivity contribution in [3.8, 4) is 11.6 Å². The van der Waals surface area contributed by atoms with E-state index in [4.69, 9.17) is 4.74 Å². The second-order valence-electron chi connectivity index (χ2n) is 7.71. The summed E-state index contributed by atoms with van der Waals surface area (Å²) in [6, 6.07) is 5.74. The Morgan fingerprint density at radius 2 is 1.88 bits per heavy atom. The second kappa shape index (κ2) is 8.19. The summed E-state index contributed by atoms with van der Waals surface area (Å²) in [6.07, 6.45) is 7.61. The van der Waals surface area contributed by atoms with Gasteiger partial charge < -0.3 is 9.30 Å². The molecule has 0 fully saturated rings. The fourth-order valence-corrected chi connectivity index (χ4v) is 3.94. The molecule has 1 aliphatic rings. The molecule has 1 aliphatic heterocycles. The van der Waals surface area contributed by atoms with Gasteiger partial charge >= 0.3 is 0 Å². The summed E-state index contributed by atoms with van der Waals surface area (Å²) in [5.41, 5.74) is 2.62. The molecule has 3 aromatic heterocycles. The molecule has 0 bridgehead atoms. The molecular weight excluding hydrogens is 433 g/mol. The number of rotatable bonds is 5. The lowest BCUT2D eigenvalue weighted by Gasteiger charge is -2.09. The molecule has 0 radical (unpaired) electrons. The van der Waals surface area contributed by atoms with Crippen molar-refractivity contribution >= 4 is 12.2 Å². The number of fused-ring (bicyclic) bond motifs is 1. The third-order valence-corrected chi connectivity index (χ3v) is 5.51. The van der Waals surface area contributed by atoms with E-state index >= 15 is 0 Å². The highest BCUT2D eigenvalue weighted by molar-refractivity contribution is 5.65. The van der Waals surface area contributed by atoms with Crippen molar-refractivity contribution < 1.29 is 17.9 Å². The van der Waals surface area contributed by atoms with Crippen LogP contribution in [0.5, 0.6) is 5.88 Å². The molecule has 10 heteroatoms. The third kappa shape index (κ3) is 3.88. The third-order valence-electron chi connectivity index (χ3n) is 5.51. The predicted octanol–water partition coefficient (Wildman–Crippen LogP) is 4.30. The Kier molecular flexibility index (Phi) is 5.20. The highest BCUT2D eigenvalue weighted by Crippen LogP contribution is 2.34. The van der Waals surface area contributed by atoms with Gasteiger partial charge in [-0.1, -0.05) is 0 Å². The van der Waals surface area contributed by atoms with Crippen molar-refractivity contribution in [1.82, 2.24) is 29.3 Å². The van der Waals surface area contributed by atoms with Gasteiger partial charge in [-0.2, -0.15) is 5.10 Å². The van der Waals surface area contributed by atoms with Crippen LogP contribution in [0, 0.1) is 24.4 Å². The van der Waals surface area contributed by atoms with Crippen LogP contribution in [-0.2, 0) is 6.54 Å². The molecule has 0 aliphatic carbocycles. The SMILES string of the molecule is COc1nc(C=Cc2nc3n(n2)CCC3c2cc(F)c(F)c(F)c2)ccc1-n1cnc(C)c1. The van der Waals surface area contributed by atoms with E-state index < -0.39 is 17.5 Å². The Morgan fingerprint density at radius 3 is 2.58 bits per heavy atom. The summed E-state index contributed by atoms with van der Waals surface area (Å²) in [4.78, 5) is 13.2. The molecule has 0 spiro atoms. The van der Waals surface area contributed by atoms with E-state index in [9.17, 15) is 13.2 Å². The molecule has 1 aromatic carbocycles. The average molecular weight is 452 g/mol. The van der Waals surface area contributed by atoms with Crippen LogP contribution in [0.2, 0.25) is 0 Å². The fourth-order valence-electron chi connectivity index (χ4n) is 3.94. The van der Waals surface area contributed by atoms with Gasteiger partial charge in [0.05, 0.1) is 24.8 Å². The number of aryl methyl sites for hydroxylation is 2. The minimum atomic E-state index is -1.47. The van der Waals surface area contributed by atoms with E-state index in [1.54, 1.807) is 30.3 Å². The summed E-state index contributed by atoms with van der Waals surface area (Å²) in [6.45, 7) is 2.45. The predicted molar refractivity (Wildman–Crippen MR) is 114 cm³/mol. The Labute approximate surface area is 187 Å². The summed E-state index contributed by atoms with van der Waals surface area (Å²) in [5.74, 6) is -2.80. The highest BCUT2D eigenvalue weighted by Gasteiger charge is 2.29. The molecule has 1 unspecified atom stereocenters. The first-order chi connectivity index (χ1) is 15.9. The number of hydrogen-bond acceptors (Lipinski definition) is 5. The lowest BCUT2D eigenvalue weighted by molar-refractivity contribution is 0.395. The van der Waals surface area contributed by atoms with Crippen LogP contribution in [0.15, 0.2) is 36.8 Å². The number of pyridine rings is 1. The minimum absolute atomic E-state index is 0.338. The van der Waals surface area contributed by atoms with Crippen LogP contribution in [-0.4, -0.2) is 36.4 Å². The first kappa shape index (κ1) is 20.9. The zero-order valence-electron chi connectivity index (χ0n) is 17.8. The van der Waals surface area contributed by atoms with Gasteiger partial charge in [0, 0.05) is 18.7 Å². The monoisotopic (exact) mass is 452 g/mol. The Bertz CT molecular complexity index is 1350. The zero-order chi connectivity index (χ0) is 23.1. The average Bonchev–Trinajstić information content (AvgIpc) is 3.51. The molecule has 7 nitrogen and oxygen atoms in total. The van der Waals surface area contributed by atoms with Crippen LogP contribution in [0.4, 0.5) is 13.2 Å². The van der Waals surface area contributed by atoms with E-state index in [0.29, 0.717) is 41.8 Å². The van der Waals surface area contributed by atoms with E-state index in [-0.39, 0.29) is 5.92 Å². The summed E-state index contributed by atoms with van der Waals surface area (Å²) in [5, 5.41) is 4.44. The maximum atomic E-state index is 13.7. The molecular formula is C23H19F3N6O. The van der Waals surface area contributed by atoms with Gasteiger partial charge in [0.25, 0.3) is 0 Å². The molecule has 4 heterocycles. The zero-order valence-corrected chi connectivity index (χ0v) is 17.8. The lowest BCUT2D eigenvalue weighted by atomic mass is 9.97. The van der Waals surface area contributed by atoms with Gasteiger partial charge in [-0.05, 0) is 55.3 Å². The van der Waals surface area contributed by atoms with Gasteiger partial charge in [0.1, 0.15) is 11.5 Å². The molecule has 0 saturated carbocycles. The Morgan fingerprint density at radius 1 is 1.09 bits per heavy atom. The topological polar surface area (TPSA) is 70.7 Å². The van der Waals surface area contributed by atoms with E-state index in [0.717, 1.165) is 23.5 Å². The number of aromatic nitrogens is 6. The van der Waals surface area contributed by atoms with Crippen molar-refractivity contribution in [2.24, 2.45) is 0 Å². The van der Waals surface area contributed by atoms with Crippen LogP contribution in [0.25, 0.3) is 17.8 Å². The number of hydrogen-bond donors (Lipinski definition) is 0. The van der Waals surface area contributed by atoms with Crippen LogP contribution < -0.4 is 4.74 Å². The van der Waals surface area contributed by atoms with Crippen molar-refractivity contribution in [3.05, 3.63) is 82.8 Å². The van der Waals surface area contributed by atoms with E-state index in [2.05, 4.69) is 20.1 Å². The second-order valence-corrected chi connectivity index (χ2v) is 7.71. The summed E-state index contributed by atoms with van der Waals surface area (Å²) in [7, 11) is 1.55. The van der Waals surface area contributed by atoms with Crippen LogP contribution in [0.1, 0.15) is 40.9 Å². The number of halogens is 3. The minimum Gasteiger partial charge on any atom is -0.479 e. The lowest BCUT2D eigenvalue weighted by Crippen LogP contribution is -2.02. The van der Waals surface area contributed by atoms with E-state index in [1.807, 2.05) is 29.8 Å². The van der Waals surface area contributed by atoms with Crippen LogP contribution in [0.3, 0.4) is 0 Å². The first-order valence-corrected chi connectivity index (χ1v) is 10.3. The number of nitrogens with zero attached hydrogens (tertiary/aromatic N) is 6. The summed E-state index contributed by atoms with van der Waals surface area (Å²) < 4.78 is 49.7. The number of methoxy groups -OCH3 is 1. The van der Waals surface area contributed by atoms with Crippen molar-refractivity contribution in [2.45, 2.75) is 25.8 Å². The number of benzene rings is 1. The van der Waals surface area contributed by atoms with E-state index in [1.165, 1.54) is 0 Å². The summed E-state index contributed by atoms with van der Waals surface area (Å²) >= 11 is 0. The smallest absolute Gasteiger partial charge is 0.238 e. The van der Waals surface area contributed by atoms with Gasteiger partial charge in [-0.25, -0.2) is 32.8 Å². The van der Waals surface area contributed by atoms with Gasteiger partial charge in [0.2, 0.25) is 5.88 Å². The fraction of sp³-hybridized carbons (Fsp3) is 0.217. The van der Waals surface area contributed by atoms with Crippen molar-refractivity contribution in [2.75, 3.05) is 7.11 Å². The highest BCUT2D eigenvalue weighted by atomic mass is 19.2. The number of ether oxygens (including phenoxy) is 1. The maximum Gasteiger partial charge on any atom is 0.238 e. The standard InChI is InChI=1S/C23H19F3N6O/c1-13-11-31(12-27-13)19-5-3-15(28-23(19)33-2)4-6-20-29-22-16(7-8-32(22)30-20)14-9-17(24)21(26)18(25)10-14/h3-6,9-12,16H,7-8H2,1-2H3. The first-order valence-electron chi connectivity index (χ1n) is 10.3. The maximum absolute atomic E-state index is 13.7. The van der Waals surface area contributed by atoms with Gasteiger partial charge in [-0.15, -0.1) is 0 Å². The molecule has 33 heavy (non-hydrogen) atoms. The normalized spacial score (nSPS) is 15.4. The molecule has 5 rings (SSSR count). The quantitative estimate of drug-likeness (QED) is 0.423. The number of imidazole rings is 1. The van der Waals surface area contributed by atoms with Crippen molar-refractivity contribution in [3.63, 3.8) is 0 Å². The molecule has 0 amide bonds. The Hall–Kier alpha value is -3.95. The molecule has 0 saturated heterocycles. The van der Waals surface area contributed by atoms with Gasteiger partial charge in [-0.3, -0.25) is 0 Å². The van der Waals surface area contributed by atoms with Crippen molar-refractivity contribution in [1.29, 1.82) is 0 Å². The van der Waals surface area contributed by atoms with Gasteiger partial charge in [0.15, 0.2) is 23.3 Å². The molecule has 0 N–H and O–H groups in total. The largest absolute Gasteiger partial charge is 0.479 e. The molecule has 1 atom stereocenters. The van der Waals surface area contributed by atoms with Crippen LogP contribution >= 0.6 is 0 Å². The molecule has 4 aromatic rings. The Balaban J connectivity index is 1.39.